The number of nitrogens with zero attached hydrogens (tertiary/aromatic N) is 1. The lowest BCUT2D eigenvalue weighted by molar-refractivity contribution is 0.0961. The first kappa shape index (κ1) is 37.5. The number of ether oxygens (including phenoxy) is 1. The van der Waals surface area contributed by atoms with Crippen molar-refractivity contribution in [3.05, 3.63) is 214 Å². The van der Waals surface area contributed by atoms with Crippen LogP contribution in [0.3, 0.4) is 0 Å². The lowest BCUT2D eigenvalue weighted by Gasteiger charge is -2.46. The minimum Gasteiger partial charge on any atom is -0.487 e. The summed E-state index contributed by atoms with van der Waals surface area (Å²) in [6.45, 7) is 2.47. The third kappa shape index (κ3) is 5.47. The molecule has 0 radical (unpaired) electrons. The fraction of sp³-hybridized carbons (Fsp3) is 0.400. The minimum atomic E-state index is 0.0561. The maximum absolute atomic E-state index is 7.35. The zero-order valence-electron chi connectivity index (χ0n) is 36.4. The van der Waals surface area contributed by atoms with Gasteiger partial charge in [-0.1, -0.05) is 164 Å². The van der Waals surface area contributed by atoms with E-state index in [2.05, 4.69) is 170 Å². The Hall–Kier alpha value is -5.08. The highest BCUT2D eigenvalue weighted by atomic mass is 16.5. The van der Waals surface area contributed by atoms with Crippen LogP contribution in [0.25, 0.3) is 0 Å². The van der Waals surface area contributed by atoms with Crippen LogP contribution >= 0.6 is 0 Å². The lowest BCUT2D eigenvalue weighted by Crippen LogP contribution is -2.46. The van der Waals surface area contributed by atoms with Gasteiger partial charge in [-0.3, -0.25) is 0 Å². The van der Waals surface area contributed by atoms with E-state index in [0.717, 1.165) is 12.8 Å². The summed E-state index contributed by atoms with van der Waals surface area (Å²) in [5, 5.41) is 0. The molecule has 2 nitrogen and oxygen atoms in total. The van der Waals surface area contributed by atoms with Crippen LogP contribution in [0.5, 0.6) is 0 Å². The highest BCUT2D eigenvalue weighted by molar-refractivity contribution is 5.62. The average Bonchev–Trinajstić information content (AvgIpc) is 3.97. The molecule has 1 aliphatic heterocycles. The number of allylic oxidation sites excluding steroid dienone is 22. The Morgan fingerprint density at radius 1 is 0.726 bits per heavy atom. The van der Waals surface area contributed by atoms with Crippen LogP contribution in [0.15, 0.2) is 203 Å². The Morgan fingerprint density at radius 2 is 1.65 bits per heavy atom. The van der Waals surface area contributed by atoms with E-state index < -0.39 is 0 Å². The minimum absolute atomic E-state index is 0.0561. The Morgan fingerprint density at radius 3 is 2.56 bits per heavy atom. The Bertz CT molecular complexity index is 2560. The van der Waals surface area contributed by atoms with Crippen LogP contribution in [0.4, 0.5) is 0 Å². The third-order valence-electron chi connectivity index (χ3n) is 17.8. The topological polar surface area (TPSA) is 12.5 Å². The fourth-order valence-electron chi connectivity index (χ4n) is 15.2. The van der Waals surface area contributed by atoms with E-state index in [1.807, 2.05) is 0 Å². The molecule has 13 atom stereocenters. The van der Waals surface area contributed by atoms with Gasteiger partial charge in [-0.15, -0.1) is 0 Å². The molecule has 1 fully saturated rings. The smallest absolute Gasteiger partial charge is 0.134 e. The van der Waals surface area contributed by atoms with Crippen LogP contribution in [0, 0.1) is 47.3 Å². The molecular weight excluding hydrogens is 751 g/mol. The standard InChI is InChI=1S/C60H61NO/c1-38-44-18-6-5-17-41(44)32-36-56(38)61(57-28-14-24-51-50-23-13-22-45(58(50)62-59(51)57)40-15-3-2-4-16-40)43-33-29-39(30-34-43)42-31-35-49-48-21-9-12-27-54(48)60(55(49)37-42)52-25-10-7-19-46(52)47-20-8-11-26-53(47)60/h5-7,9-15,17-19,21-27,29-30,32-33,36-38,42-44,46-47,49-50,52-53,57-58H,2-4,8,16,20,28,31,34-35H2,1H3/t38?,42?,43?,44?,46?,47?,49?,50?,52?,53?,57?,58?,60-/m0/s1. The first-order valence-corrected chi connectivity index (χ1v) is 24.6. The Balaban J connectivity index is 0.852. The normalized spacial score (nSPS) is 39.9. The van der Waals surface area contributed by atoms with Gasteiger partial charge in [-0.25, -0.2) is 0 Å². The first-order valence-electron chi connectivity index (χ1n) is 24.6. The van der Waals surface area contributed by atoms with Crippen molar-refractivity contribution in [3.63, 3.8) is 0 Å². The molecule has 12 aliphatic rings. The van der Waals surface area contributed by atoms with Crippen LogP contribution in [-0.4, -0.2) is 23.1 Å². The van der Waals surface area contributed by atoms with Gasteiger partial charge in [-0.05, 0) is 127 Å². The fourth-order valence-corrected chi connectivity index (χ4v) is 15.2. The molecular formula is C60H61NO. The van der Waals surface area contributed by atoms with Crippen LogP contribution in [0.1, 0.15) is 88.2 Å². The molecule has 312 valence electrons. The second kappa shape index (κ2) is 14.8. The summed E-state index contributed by atoms with van der Waals surface area (Å²) < 4.78 is 7.35. The number of hydrogen-bond donors (Lipinski definition) is 0. The quantitative estimate of drug-likeness (QED) is 0.275. The maximum atomic E-state index is 7.35. The zero-order valence-corrected chi connectivity index (χ0v) is 36.4. The largest absolute Gasteiger partial charge is 0.487 e. The van der Waals surface area contributed by atoms with E-state index in [-0.39, 0.29) is 29.5 Å². The molecule has 0 N–H and O–H groups in total. The van der Waals surface area contributed by atoms with Crippen LogP contribution in [0.2, 0.25) is 0 Å². The molecule has 12 unspecified atom stereocenters. The Kier molecular flexibility index (Phi) is 8.92. The third-order valence-corrected chi connectivity index (χ3v) is 17.8. The summed E-state index contributed by atoms with van der Waals surface area (Å²) in [6, 6.07) is 10.1. The Labute approximate surface area is 370 Å². The summed E-state index contributed by atoms with van der Waals surface area (Å²) in [4.78, 5) is 2.83. The van der Waals surface area contributed by atoms with Crippen LogP contribution < -0.4 is 0 Å². The molecule has 1 aromatic carbocycles. The van der Waals surface area contributed by atoms with Gasteiger partial charge in [0.15, 0.2) is 0 Å². The van der Waals surface area contributed by atoms with Crippen molar-refractivity contribution in [3.8, 4) is 0 Å². The molecule has 2 heteroatoms. The summed E-state index contributed by atoms with van der Waals surface area (Å²) in [5.41, 5.74) is 13.8. The highest BCUT2D eigenvalue weighted by Gasteiger charge is 2.65. The van der Waals surface area contributed by atoms with Crippen molar-refractivity contribution in [2.45, 2.75) is 101 Å². The van der Waals surface area contributed by atoms with Gasteiger partial charge < -0.3 is 9.64 Å². The lowest BCUT2D eigenvalue weighted by atomic mass is 9.60. The second-order valence-electron chi connectivity index (χ2n) is 20.5. The van der Waals surface area contributed by atoms with E-state index in [0.29, 0.717) is 47.3 Å². The number of rotatable bonds is 5. The molecule has 62 heavy (non-hydrogen) atoms. The summed E-state index contributed by atoms with van der Waals surface area (Å²) in [6.07, 6.45) is 66.2. The second-order valence-corrected chi connectivity index (χ2v) is 20.5. The molecule has 1 saturated carbocycles. The average molecular weight is 812 g/mol. The first-order chi connectivity index (χ1) is 30.7. The predicted molar refractivity (Wildman–Crippen MR) is 254 cm³/mol. The number of fused-ring (bicyclic) bond motifs is 13. The van der Waals surface area contributed by atoms with Gasteiger partial charge in [-0.2, -0.15) is 0 Å². The van der Waals surface area contributed by atoms with Gasteiger partial charge >= 0.3 is 0 Å². The van der Waals surface area contributed by atoms with Gasteiger partial charge in [0.1, 0.15) is 11.9 Å². The van der Waals surface area contributed by atoms with E-state index in [4.69, 9.17) is 4.74 Å². The van der Waals surface area contributed by atoms with Crippen molar-refractivity contribution >= 4 is 0 Å². The molecule has 13 rings (SSSR count). The van der Waals surface area contributed by atoms with Crippen molar-refractivity contribution in [2.75, 3.05) is 0 Å². The number of benzene rings is 1. The molecule has 0 bridgehead atoms. The SMILES string of the molecule is CC1C(N(C2C=CC(C3C=C4C(CC3)c3ccccc3[C@@]43C4C=CC=CC4C4CCC=CC43)=CC2)C2CC=CC3=C2OC2C(C4=CCCCC4)=CC=CC32)=CC=C2C=CC=CC21. The number of hydrogen-bond acceptors (Lipinski definition) is 2. The molecule has 1 spiro atoms. The molecule has 0 saturated heterocycles. The molecule has 1 heterocycles. The molecule has 1 aromatic rings. The van der Waals surface area contributed by atoms with E-state index in [1.54, 1.807) is 16.7 Å². The molecule has 11 aliphatic carbocycles. The monoisotopic (exact) mass is 811 g/mol. The predicted octanol–water partition coefficient (Wildman–Crippen LogP) is 13.7. The molecule has 0 aromatic heterocycles. The van der Waals surface area contributed by atoms with Gasteiger partial charge in [0, 0.05) is 46.3 Å². The highest BCUT2D eigenvalue weighted by Crippen LogP contribution is 2.70. The summed E-state index contributed by atoms with van der Waals surface area (Å²) in [5.74, 6) is 5.65. The molecule has 0 amide bonds. The summed E-state index contributed by atoms with van der Waals surface area (Å²) >= 11 is 0. The van der Waals surface area contributed by atoms with E-state index in [9.17, 15) is 0 Å². The van der Waals surface area contributed by atoms with Crippen LogP contribution in [-0.2, 0) is 10.2 Å². The van der Waals surface area contributed by atoms with Crippen molar-refractivity contribution in [2.24, 2.45) is 47.3 Å². The van der Waals surface area contributed by atoms with Crippen molar-refractivity contribution in [1.82, 2.24) is 4.90 Å². The van der Waals surface area contributed by atoms with E-state index >= 15 is 0 Å². The maximum Gasteiger partial charge on any atom is 0.134 e. The van der Waals surface area contributed by atoms with Crippen molar-refractivity contribution < 1.29 is 4.74 Å². The van der Waals surface area contributed by atoms with Gasteiger partial charge in [0.05, 0.1) is 12.1 Å². The van der Waals surface area contributed by atoms with Crippen molar-refractivity contribution in [1.29, 1.82) is 0 Å². The van der Waals surface area contributed by atoms with E-state index in [1.165, 1.54) is 90.7 Å². The zero-order chi connectivity index (χ0) is 40.9. The summed E-state index contributed by atoms with van der Waals surface area (Å²) in [7, 11) is 0. The van der Waals surface area contributed by atoms with Gasteiger partial charge in [0.25, 0.3) is 0 Å². The van der Waals surface area contributed by atoms with Gasteiger partial charge in [0.2, 0.25) is 0 Å².